The normalized spacial score (nSPS) is 34.9. The van der Waals surface area contributed by atoms with Crippen LogP contribution in [0.3, 0.4) is 0 Å². The number of Topliss-reactive ketones (excluding diaryl/α,β-unsaturated/α-hetero) is 1. The third-order valence-electron chi connectivity index (χ3n) is 11.1. The van der Waals surface area contributed by atoms with Crippen molar-refractivity contribution in [1.82, 2.24) is 0 Å². The molecule has 8 atom stereocenters. The lowest BCUT2D eigenvalue weighted by Gasteiger charge is -2.60. The van der Waals surface area contributed by atoms with E-state index in [4.69, 9.17) is 15.2 Å². The molecule has 2 aromatic rings. The molecule has 0 amide bonds. The Kier molecular flexibility index (Phi) is 7.81. The van der Waals surface area contributed by atoms with Crippen molar-refractivity contribution >= 4 is 17.3 Å². The molecule has 9 heteroatoms. The first kappa shape index (κ1) is 30.6. The summed E-state index contributed by atoms with van der Waals surface area (Å²) in [6, 6.07) is 10.9. The number of anilines is 1. The van der Waals surface area contributed by atoms with Crippen LogP contribution in [-0.4, -0.2) is 45.2 Å². The van der Waals surface area contributed by atoms with Gasteiger partial charge >= 0.3 is 0 Å². The predicted molar refractivity (Wildman–Crippen MR) is 160 cm³/mol. The summed E-state index contributed by atoms with van der Waals surface area (Å²) in [5, 5.41) is 33.3. The van der Waals surface area contributed by atoms with E-state index in [9.17, 15) is 29.3 Å². The number of aliphatic hydroxyl groups is 3. The van der Waals surface area contributed by atoms with E-state index in [2.05, 4.69) is 6.92 Å². The van der Waals surface area contributed by atoms with Crippen LogP contribution >= 0.6 is 0 Å². The maximum absolute atomic E-state index is 14.8. The smallest absolute Gasteiger partial charge is 0.190 e. The highest BCUT2D eigenvalue weighted by Crippen LogP contribution is 2.68. The SMILES string of the molecule is C[C@]12C=CC(=O)C=C1CC[C@@H]1C2[C@@H](O)C[C@@]2(C)C1CC[C@]2(O[C@@H](O)c1cc(F)cc(OCc2cccc(N)c2)c1)C(=O)CO. The summed E-state index contributed by atoms with van der Waals surface area (Å²) in [4.78, 5) is 25.8. The Hall–Kier alpha value is -3.37. The quantitative estimate of drug-likeness (QED) is 0.254. The lowest BCUT2D eigenvalue weighted by Crippen LogP contribution is -2.62. The summed E-state index contributed by atoms with van der Waals surface area (Å²) in [6.45, 7) is 3.30. The van der Waals surface area contributed by atoms with Crippen LogP contribution in [0.15, 0.2) is 66.3 Å². The first-order valence-corrected chi connectivity index (χ1v) is 15.3. The van der Waals surface area contributed by atoms with Crippen LogP contribution in [0.5, 0.6) is 5.75 Å². The van der Waals surface area contributed by atoms with Gasteiger partial charge in [0.25, 0.3) is 0 Å². The van der Waals surface area contributed by atoms with Crippen molar-refractivity contribution in [3.8, 4) is 5.75 Å². The van der Waals surface area contributed by atoms with Crippen molar-refractivity contribution < 1.29 is 38.8 Å². The Morgan fingerprint density at radius 2 is 1.98 bits per heavy atom. The second-order valence-electron chi connectivity index (χ2n) is 13.4. The third kappa shape index (κ3) is 4.90. The lowest BCUT2D eigenvalue weighted by atomic mass is 9.46. The van der Waals surface area contributed by atoms with Gasteiger partial charge in [0.1, 0.15) is 30.4 Å². The van der Waals surface area contributed by atoms with Crippen LogP contribution in [0.4, 0.5) is 10.1 Å². The Morgan fingerprint density at radius 1 is 1.18 bits per heavy atom. The minimum atomic E-state index is -1.70. The summed E-state index contributed by atoms with van der Waals surface area (Å²) in [7, 11) is 0. The summed E-state index contributed by atoms with van der Waals surface area (Å²) >= 11 is 0. The number of aliphatic hydroxyl groups excluding tert-OH is 3. The van der Waals surface area contributed by atoms with Gasteiger partial charge in [0.05, 0.1) is 6.10 Å². The summed E-state index contributed by atoms with van der Waals surface area (Å²) in [5.41, 5.74) is 5.28. The molecule has 234 valence electrons. The zero-order valence-corrected chi connectivity index (χ0v) is 25.0. The van der Waals surface area contributed by atoms with E-state index in [0.29, 0.717) is 18.5 Å². The van der Waals surface area contributed by atoms with E-state index in [1.54, 1.807) is 30.4 Å². The lowest BCUT2D eigenvalue weighted by molar-refractivity contribution is -0.243. The molecule has 0 heterocycles. The van der Waals surface area contributed by atoms with E-state index in [0.717, 1.165) is 23.6 Å². The van der Waals surface area contributed by atoms with Gasteiger partial charge in [-0.1, -0.05) is 37.6 Å². The Bertz CT molecular complexity index is 1540. The fourth-order valence-corrected chi connectivity index (χ4v) is 9.08. The maximum Gasteiger partial charge on any atom is 0.190 e. The van der Waals surface area contributed by atoms with Crippen molar-refractivity contribution in [2.45, 2.75) is 70.6 Å². The van der Waals surface area contributed by atoms with E-state index in [1.807, 2.05) is 19.1 Å². The molecular weight excluding hydrogens is 565 g/mol. The first-order chi connectivity index (χ1) is 20.9. The van der Waals surface area contributed by atoms with Gasteiger partial charge in [-0.25, -0.2) is 4.39 Å². The number of carbonyl (C=O) groups is 2. The number of nitrogen functional groups attached to an aromatic ring is 1. The van der Waals surface area contributed by atoms with Crippen LogP contribution in [0, 0.1) is 34.4 Å². The van der Waals surface area contributed by atoms with Gasteiger partial charge in [0.15, 0.2) is 17.9 Å². The largest absolute Gasteiger partial charge is 0.489 e. The van der Waals surface area contributed by atoms with Crippen LogP contribution in [0.2, 0.25) is 0 Å². The van der Waals surface area contributed by atoms with Crippen molar-refractivity contribution in [1.29, 1.82) is 0 Å². The van der Waals surface area contributed by atoms with Gasteiger partial charge in [-0.15, -0.1) is 0 Å². The predicted octanol–water partition coefficient (Wildman–Crippen LogP) is 4.57. The maximum atomic E-state index is 14.8. The molecule has 8 nitrogen and oxygen atoms in total. The third-order valence-corrected chi connectivity index (χ3v) is 11.1. The molecule has 4 aliphatic rings. The summed E-state index contributed by atoms with van der Waals surface area (Å²) in [5.74, 6) is -1.29. The van der Waals surface area contributed by atoms with Crippen molar-refractivity contribution in [3.05, 3.63) is 83.2 Å². The van der Waals surface area contributed by atoms with E-state index in [-0.39, 0.29) is 54.3 Å². The summed E-state index contributed by atoms with van der Waals surface area (Å²) in [6.07, 6.45) is 5.16. The molecule has 2 aromatic carbocycles. The van der Waals surface area contributed by atoms with Crippen molar-refractivity contribution in [2.75, 3.05) is 12.3 Å². The van der Waals surface area contributed by atoms with Crippen molar-refractivity contribution in [2.24, 2.45) is 28.6 Å². The highest BCUT2D eigenvalue weighted by atomic mass is 19.1. The molecule has 6 rings (SSSR count). The molecule has 0 bridgehead atoms. The molecule has 0 aromatic heterocycles. The van der Waals surface area contributed by atoms with Crippen LogP contribution in [0.1, 0.15) is 63.4 Å². The Morgan fingerprint density at radius 3 is 2.73 bits per heavy atom. The van der Waals surface area contributed by atoms with E-state index >= 15 is 0 Å². The molecule has 0 aliphatic heterocycles. The number of hydrogen-bond donors (Lipinski definition) is 4. The van der Waals surface area contributed by atoms with Gasteiger partial charge in [-0.05, 0) is 85.9 Å². The second kappa shape index (κ2) is 11.2. The molecule has 0 radical (unpaired) electrons. The minimum absolute atomic E-state index is 0.0269. The Labute approximate surface area is 256 Å². The standard InChI is InChI=1S/C35H40FNO7/c1-33-10-8-25(39)15-22(33)6-7-27-28-9-11-35(30(41)18-38,34(28,2)17-29(40)31(27)33)44-32(42)21-13-23(36)16-26(14-21)43-19-20-4-3-5-24(37)12-20/h3-5,8,10,12-16,27-29,31-32,38,40,42H,6-7,9,11,17-19,37H2,1-2H3/t27-,28?,29-,31?,32+,33-,34-,35-/m0/s1. The molecule has 3 fully saturated rings. The molecule has 44 heavy (non-hydrogen) atoms. The highest BCUT2D eigenvalue weighted by Gasteiger charge is 2.69. The van der Waals surface area contributed by atoms with E-state index < -0.39 is 47.0 Å². The fourth-order valence-electron chi connectivity index (χ4n) is 9.08. The molecule has 4 aliphatic carbocycles. The van der Waals surface area contributed by atoms with Gasteiger partial charge < -0.3 is 30.5 Å². The number of ketones is 2. The molecule has 0 spiro atoms. The zero-order valence-electron chi connectivity index (χ0n) is 25.0. The Balaban J connectivity index is 1.28. The first-order valence-electron chi connectivity index (χ1n) is 15.3. The van der Waals surface area contributed by atoms with Gasteiger partial charge in [-0.3, -0.25) is 9.59 Å². The number of fused-ring (bicyclic) bond motifs is 5. The van der Waals surface area contributed by atoms with Crippen molar-refractivity contribution in [3.63, 3.8) is 0 Å². The average Bonchev–Trinajstić information content (AvgIpc) is 3.27. The highest BCUT2D eigenvalue weighted by molar-refractivity contribution is 6.01. The molecule has 5 N–H and O–H groups in total. The number of allylic oxidation sites excluding steroid dienone is 4. The monoisotopic (exact) mass is 605 g/mol. The van der Waals surface area contributed by atoms with Crippen LogP contribution < -0.4 is 10.5 Å². The average molecular weight is 606 g/mol. The molecule has 3 saturated carbocycles. The topological polar surface area (TPSA) is 139 Å². The number of benzene rings is 2. The number of halogens is 1. The van der Waals surface area contributed by atoms with Gasteiger partial charge in [-0.2, -0.15) is 0 Å². The van der Waals surface area contributed by atoms with Crippen LogP contribution in [0.25, 0.3) is 0 Å². The number of hydrogen-bond acceptors (Lipinski definition) is 8. The van der Waals surface area contributed by atoms with Gasteiger partial charge in [0.2, 0.25) is 0 Å². The zero-order chi connectivity index (χ0) is 31.4. The molecule has 0 saturated heterocycles. The number of rotatable bonds is 8. The molecular formula is C35H40FNO7. The molecule has 2 unspecified atom stereocenters. The van der Waals surface area contributed by atoms with Crippen LogP contribution in [-0.2, 0) is 20.9 Å². The summed E-state index contributed by atoms with van der Waals surface area (Å²) < 4.78 is 26.8. The fraction of sp³-hybridized carbons (Fsp3) is 0.486. The number of carbonyl (C=O) groups excluding carboxylic acids is 2. The number of ether oxygens (including phenoxy) is 2. The van der Waals surface area contributed by atoms with Gasteiger partial charge in [0, 0.05) is 34.1 Å². The second-order valence-corrected chi connectivity index (χ2v) is 13.4. The minimum Gasteiger partial charge on any atom is -0.489 e. The number of nitrogens with two attached hydrogens (primary N) is 1. The van der Waals surface area contributed by atoms with E-state index in [1.165, 1.54) is 12.1 Å².